The van der Waals surface area contributed by atoms with Crippen LogP contribution in [0.1, 0.15) is 18.9 Å². The molecule has 0 saturated carbocycles. The van der Waals surface area contributed by atoms with Crippen molar-refractivity contribution >= 4 is 11.7 Å². The Labute approximate surface area is 101 Å². The number of nitrogen functional groups attached to an aromatic ring is 1. The molecule has 0 atom stereocenters. The number of rotatable bonds is 4. The van der Waals surface area contributed by atoms with Gasteiger partial charge in [-0.2, -0.15) is 0 Å². The summed E-state index contributed by atoms with van der Waals surface area (Å²) in [6.07, 6.45) is 0.366. The largest absolute Gasteiger partial charge is 0.466 e. The first-order chi connectivity index (χ1) is 8.16. The monoisotopic (exact) mass is 235 g/mol. The Morgan fingerprint density at radius 1 is 1.41 bits per heavy atom. The summed E-state index contributed by atoms with van der Waals surface area (Å²) in [6, 6.07) is 7.61. The molecular weight excluding hydrogens is 218 g/mol. The molecule has 0 bridgehead atoms. The van der Waals surface area contributed by atoms with E-state index in [4.69, 9.17) is 15.2 Å². The van der Waals surface area contributed by atoms with Gasteiger partial charge in [0.1, 0.15) is 0 Å². The van der Waals surface area contributed by atoms with Gasteiger partial charge >= 0.3 is 5.97 Å². The van der Waals surface area contributed by atoms with E-state index in [1.165, 1.54) is 0 Å². The van der Waals surface area contributed by atoms with Gasteiger partial charge in [0.2, 0.25) is 0 Å². The van der Waals surface area contributed by atoms with Crippen molar-refractivity contribution < 1.29 is 14.3 Å². The fourth-order valence-electron chi connectivity index (χ4n) is 2.04. The predicted octanol–water partition coefficient (Wildman–Crippen LogP) is 1.49. The highest BCUT2D eigenvalue weighted by atomic mass is 16.5. The topological polar surface area (TPSA) is 61.5 Å². The lowest BCUT2D eigenvalue weighted by atomic mass is 9.76. The molecule has 1 aliphatic heterocycles. The second kappa shape index (κ2) is 4.75. The molecule has 1 aromatic rings. The standard InChI is InChI=1S/C13H17NO3/c1-2-17-12(15)7-13(8-16-9-13)10-3-5-11(14)6-4-10/h3-6H,2,7-9,14H2,1H3. The normalized spacial score (nSPS) is 17.2. The maximum absolute atomic E-state index is 11.6. The number of hydrogen-bond acceptors (Lipinski definition) is 4. The van der Waals surface area contributed by atoms with Crippen molar-refractivity contribution in [2.45, 2.75) is 18.8 Å². The smallest absolute Gasteiger partial charge is 0.306 e. The Morgan fingerprint density at radius 3 is 2.53 bits per heavy atom. The maximum Gasteiger partial charge on any atom is 0.306 e. The average Bonchev–Trinajstić information content (AvgIpc) is 2.25. The summed E-state index contributed by atoms with van der Waals surface area (Å²) in [7, 11) is 0. The number of ether oxygens (including phenoxy) is 2. The highest BCUT2D eigenvalue weighted by molar-refractivity contribution is 5.72. The van der Waals surface area contributed by atoms with Crippen LogP contribution in [0.15, 0.2) is 24.3 Å². The van der Waals surface area contributed by atoms with E-state index in [1.807, 2.05) is 31.2 Å². The summed E-state index contributed by atoms with van der Waals surface area (Å²) in [6.45, 7) is 3.36. The highest BCUT2D eigenvalue weighted by Gasteiger charge is 2.42. The fourth-order valence-corrected chi connectivity index (χ4v) is 2.04. The van der Waals surface area contributed by atoms with E-state index in [9.17, 15) is 4.79 Å². The summed E-state index contributed by atoms with van der Waals surface area (Å²) in [5.74, 6) is -0.173. The number of carbonyl (C=O) groups excluding carboxylic acids is 1. The second-order valence-corrected chi connectivity index (χ2v) is 4.38. The summed E-state index contributed by atoms with van der Waals surface area (Å²) in [4.78, 5) is 11.6. The zero-order valence-corrected chi connectivity index (χ0v) is 9.94. The molecule has 92 valence electrons. The van der Waals surface area contributed by atoms with Crippen molar-refractivity contribution in [1.82, 2.24) is 0 Å². The van der Waals surface area contributed by atoms with Gasteiger partial charge in [0, 0.05) is 5.69 Å². The molecule has 17 heavy (non-hydrogen) atoms. The van der Waals surface area contributed by atoms with Gasteiger partial charge in [-0.25, -0.2) is 0 Å². The summed E-state index contributed by atoms with van der Waals surface area (Å²) in [5.41, 5.74) is 7.24. The Balaban J connectivity index is 2.14. The molecule has 1 aromatic carbocycles. The van der Waals surface area contributed by atoms with Crippen LogP contribution in [0.3, 0.4) is 0 Å². The predicted molar refractivity (Wildman–Crippen MR) is 64.6 cm³/mol. The minimum absolute atomic E-state index is 0.173. The van der Waals surface area contributed by atoms with Gasteiger partial charge in [0.05, 0.1) is 31.7 Å². The van der Waals surface area contributed by atoms with Crippen molar-refractivity contribution in [3.05, 3.63) is 29.8 Å². The molecule has 0 radical (unpaired) electrons. The van der Waals surface area contributed by atoms with E-state index in [0.29, 0.717) is 26.2 Å². The molecule has 0 aromatic heterocycles. The van der Waals surface area contributed by atoms with Crippen LogP contribution in [-0.2, 0) is 19.7 Å². The molecule has 1 heterocycles. The average molecular weight is 235 g/mol. The molecule has 0 aliphatic carbocycles. The van der Waals surface area contributed by atoms with Crippen LogP contribution >= 0.6 is 0 Å². The molecular formula is C13H17NO3. The fraction of sp³-hybridized carbons (Fsp3) is 0.462. The van der Waals surface area contributed by atoms with Gasteiger partial charge in [0.15, 0.2) is 0 Å². The third-order valence-electron chi connectivity index (χ3n) is 3.07. The van der Waals surface area contributed by atoms with Crippen LogP contribution in [0, 0.1) is 0 Å². The SMILES string of the molecule is CCOC(=O)CC1(c2ccc(N)cc2)COC1. The van der Waals surface area contributed by atoms with Crippen LogP contribution in [0.4, 0.5) is 5.69 Å². The van der Waals surface area contributed by atoms with E-state index in [-0.39, 0.29) is 11.4 Å². The van der Waals surface area contributed by atoms with Gasteiger partial charge in [-0.3, -0.25) is 4.79 Å². The first-order valence-corrected chi connectivity index (χ1v) is 5.76. The summed E-state index contributed by atoms with van der Waals surface area (Å²) in [5, 5.41) is 0. The lowest BCUT2D eigenvalue weighted by Crippen LogP contribution is -2.48. The lowest BCUT2D eigenvalue weighted by molar-refractivity contribution is -0.151. The van der Waals surface area contributed by atoms with Gasteiger partial charge < -0.3 is 15.2 Å². The van der Waals surface area contributed by atoms with E-state index in [0.717, 1.165) is 11.3 Å². The van der Waals surface area contributed by atoms with Crippen LogP contribution in [0.25, 0.3) is 0 Å². The molecule has 1 fully saturated rings. The highest BCUT2D eigenvalue weighted by Crippen LogP contribution is 2.36. The zero-order valence-electron chi connectivity index (χ0n) is 9.94. The number of nitrogens with two attached hydrogens (primary N) is 1. The van der Waals surface area contributed by atoms with Gasteiger partial charge in [0.25, 0.3) is 0 Å². The summed E-state index contributed by atoms with van der Waals surface area (Å²) >= 11 is 0. The molecule has 1 saturated heterocycles. The summed E-state index contributed by atoms with van der Waals surface area (Å²) < 4.78 is 10.3. The maximum atomic E-state index is 11.6. The molecule has 0 unspecified atom stereocenters. The van der Waals surface area contributed by atoms with E-state index >= 15 is 0 Å². The number of carbonyl (C=O) groups is 1. The Bertz CT molecular complexity index is 396. The van der Waals surface area contributed by atoms with Crippen LogP contribution in [0.5, 0.6) is 0 Å². The van der Waals surface area contributed by atoms with E-state index < -0.39 is 0 Å². The van der Waals surface area contributed by atoms with Crippen LogP contribution in [-0.4, -0.2) is 25.8 Å². The van der Waals surface area contributed by atoms with Crippen LogP contribution in [0.2, 0.25) is 0 Å². The van der Waals surface area contributed by atoms with Gasteiger partial charge in [-0.05, 0) is 24.6 Å². The first-order valence-electron chi connectivity index (χ1n) is 5.76. The Kier molecular flexibility index (Phi) is 3.33. The lowest BCUT2D eigenvalue weighted by Gasteiger charge is -2.41. The quantitative estimate of drug-likeness (QED) is 0.634. The molecule has 2 rings (SSSR count). The Hall–Kier alpha value is -1.55. The molecule has 0 spiro atoms. The van der Waals surface area contributed by atoms with Gasteiger partial charge in [-0.1, -0.05) is 12.1 Å². The third kappa shape index (κ3) is 2.42. The number of hydrogen-bond donors (Lipinski definition) is 1. The molecule has 2 N–H and O–H groups in total. The van der Waals surface area contributed by atoms with Crippen molar-refractivity contribution in [3.8, 4) is 0 Å². The number of esters is 1. The van der Waals surface area contributed by atoms with Crippen molar-refractivity contribution in [3.63, 3.8) is 0 Å². The van der Waals surface area contributed by atoms with Crippen molar-refractivity contribution in [2.24, 2.45) is 0 Å². The molecule has 4 heteroatoms. The van der Waals surface area contributed by atoms with Crippen molar-refractivity contribution in [1.29, 1.82) is 0 Å². The van der Waals surface area contributed by atoms with E-state index in [2.05, 4.69) is 0 Å². The molecule has 1 aliphatic rings. The minimum atomic E-state index is -0.222. The molecule has 4 nitrogen and oxygen atoms in total. The zero-order chi connectivity index (χ0) is 12.3. The van der Waals surface area contributed by atoms with Crippen LogP contribution < -0.4 is 5.73 Å². The number of benzene rings is 1. The van der Waals surface area contributed by atoms with Gasteiger partial charge in [-0.15, -0.1) is 0 Å². The first kappa shape index (κ1) is 11.9. The van der Waals surface area contributed by atoms with E-state index in [1.54, 1.807) is 0 Å². The minimum Gasteiger partial charge on any atom is -0.466 e. The Morgan fingerprint density at radius 2 is 2.06 bits per heavy atom. The van der Waals surface area contributed by atoms with Crippen molar-refractivity contribution in [2.75, 3.05) is 25.6 Å². The second-order valence-electron chi connectivity index (χ2n) is 4.38. The molecule has 0 amide bonds. The third-order valence-corrected chi connectivity index (χ3v) is 3.07. The number of anilines is 1.